The second-order valence-corrected chi connectivity index (χ2v) is 7.88. The van der Waals surface area contributed by atoms with Crippen molar-refractivity contribution in [3.63, 3.8) is 0 Å². The van der Waals surface area contributed by atoms with E-state index in [4.69, 9.17) is 9.84 Å². The van der Waals surface area contributed by atoms with Crippen molar-refractivity contribution in [2.24, 2.45) is 0 Å². The van der Waals surface area contributed by atoms with Crippen molar-refractivity contribution in [1.29, 1.82) is 0 Å². The third-order valence-electron chi connectivity index (χ3n) is 4.75. The standard InChI is InChI=1S/C21H23NO4S/c1-21(13-27-2,11-19(23)24)22-20(25)26-12-18-16-9-5-3-7-14(16)15-8-4-6-10-17(15)18/h3-10,18H,11-13H2,1-2H3,(H,22,25)(H,23,24). The number of fused-ring (bicyclic) bond motifs is 3. The van der Waals surface area contributed by atoms with Gasteiger partial charge in [-0.2, -0.15) is 11.8 Å². The molecule has 0 saturated heterocycles. The van der Waals surface area contributed by atoms with Crippen LogP contribution < -0.4 is 5.32 Å². The third kappa shape index (κ3) is 4.27. The monoisotopic (exact) mass is 385 g/mol. The molecule has 1 amide bonds. The van der Waals surface area contributed by atoms with Gasteiger partial charge in [-0.05, 0) is 35.4 Å². The van der Waals surface area contributed by atoms with E-state index >= 15 is 0 Å². The lowest BCUT2D eigenvalue weighted by Crippen LogP contribution is -2.49. The molecule has 0 saturated carbocycles. The summed E-state index contributed by atoms with van der Waals surface area (Å²) >= 11 is 1.48. The molecule has 6 heteroatoms. The Morgan fingerprint density at radius 1 is 1.11 bits per heavy atom. The van der Waals surface area contributed by atoms with Gasteiger partial charge in [-0.15, -0.1) is 0 Å². The molecule has 3 rings (SSSR count). The van der Waals surface area contributed by atoms with Crippen molar-refractivity contribution in [2.75, 3.05) is 18.6 Å². The Balaban J connectivity index is 1.71. The summed E-state index contributed by atoms with van der Waals surface area (Å²) in [4.78, 5) is 23.5. The summed E-state index contributed by atoms with van der Waals surface area (Å²) in [6.07, 6.45) is 1.13. The van der Waals surface area contributed by atoms with Crippen molar-refractivity contribution in [2.45, 2.75) is 24.8 Å². The van der Waals surface area contributed by atoms with Gasteiger partial charge in [0.1, 0.15) is 6.61 Å². The van der Waals surface area contributed by atoms with Gasteiger partial charge in [0.15, 0.2) is 0 Å². The highest BCUT2D eigenvalue weighted by molar-refractivity contribution is 7.98. The fourth-order valence-corrected chi connectivity index (χ4v) is 4.48. The molecule has 1 aliphatic carbocycles. The molecule has 1 aliphatic rings. The number of amides is 1. The first-order valence-electron chi connectivity index (χ1n) is 8.77. The van der Waals surface area contributed by atoms with Gasteiger partial charge in [0.2, 0.25) is 0 Å². The Hall–Kier alpha value is -2.47. The molecular weight excluding hydrogens is 362 g/mol. The average Bonchev–Trinajstić information content (AvgIpc) is 2.93. The topological polar surface area (TPSA) is 75.6 Å². The van der Waals surface area contributed by atoms with Crippen LogP contribution in [-0.2, 0) is 9.53 Å². The van der Waals surface area contributed by atoms with E-state index in [-0.39, 0.29) is 18.9 Å². The van der Waals surface area contributed by atoms with Gasteiger partial charge < -0.3 is 15.2 Å². The second kappa shape index (κ2) is 8.05. The molecule has 0 aliphatic heterocycles. The van der Waals surface area contributed by atoms with E-state index in [1.165, 1.54) is 22.9 Å². The van der Waals surface area contributed by atoms with Crippen molar-refractivity contribution >= 4 is 23.8 Å². The van der Waals surface area contributed by atoms with Crippen molar-refractivity contribution in [3.05, 3.63) is 59.7 Å². The lowest BCUT2D eigenvalue weighted by molar-refractivity contribution is -0.138. The van der Waals surface area contributed by atoms with Crippen molar-refractivity contribution in [3.8, 4) is 11.1 Å². The van der Waals surface area contributed by atoms with Gasteiger partial charge in [-0.25, -0.2) is 4.79 Å². The maximum atomic E-state index is 12.4. The average molecular weight is 385 g/mol. The molecule has 2 N–H and O–H groups in total. The van der Waals surface area contributed by atoms with Crippen LogP contribution in [0.15, 0.2) is 48.5 Å². The molecule has 0 bridgehead atoms. The Morgan fingerprint density at radius 3 is 2.19 bits per heavy atom. The van der Waals surface area contributed by atoms with Crippen molar-refractivity contribution < 1.29 is 19.4 Å². The number of rotatable bonds is 7. The molecule has 27 heavy (non-hydrogen) atoms. The van der Waals surface area contributed by atoms with Crippen molar-refractivity contribution in [1.82, 2.24) is 5.32 Å². The number of carbonyl (C=O) groups excluding carboxylic acids is 1. The summed E-state index contributed by atoms with van der Waals surface area (Å²) < 4.78 is 5.51. The second-order valence-electron chi connectivity index (χ2n) is 7.01. The molecule has 5 nitrogen and oxygen atoms in total. The number of hydrogen-bond donors (Lipinski definition) is 2. The van der Waals surface area contributed by atoms with Gasteiger partial charge in [0.05, 0.1) is 12.0 Å². The quantitative estimate of drug-likeness (QED) is 0.750. The molecule has 0 radical (unpaired) electrons. The number of hydrogen-bond acceptors (Lipinski definition) is 4. The van der Waals surface area contributed by atoms with Gasteiger partial charge in [0.25, 0.3) is 0 Å². The normalized spacial score (nSPS) is 14.7. The summed E-state index contributed by atoms with van der Waals surface area (Å²) in [5.41, 5.74) is 3.77. The first-order valence-corrected chi connectivity index (χ1v) is 10.2. The predicted molar refractivity (Wildman–Crippen MR) is 107 cm³/mol. The van der Waals surface area contributed by atoms with Crippen LogP contribution in [0.3, 0.4) is 0 Å². The highest BCUT2D eigenvalue weighted by Crippen LogP contribution is 2.44. The Labute approximate surface area is 163 Å². The van der Waals surface area contributed by atoms with E-state index in [1.807, 2.05) is 30.5 Å². The number of alkyl carbamates (subject to hydrolysis) is 1. The highest BCUT2D eigenvalue weighted by Gasteiger charge is 2.32. The Bertz CT molecular complexity index is 808. The summed E-state index contributed by atoms with van der Waals surface area (Å²) in [7, 11) is 0. The van der Waals surface area contributed by atoms with Crippen LogP contribution in [0.1, 0.15) is 30.4 Å². The molecule has 0 fully saturated rings. The SMILES string of the molecule is CSCC(C)(CC(=O)O)NC(=O)OCC1c2ccccc2-c2ccccc21. The fraction of sp³-hybridized carbons (Fsp3) is 0.333. The maximum absolute atomic E-state index is 12.4. The van der Waals surface area contributed by atoms with Gasteiger partial charge in [-0.1, -0.05) is 48.5 Å². The first-order chi connectivity index (χ1) is 12.9. The number of ether oxygens (including phenoxy) is 1. The van der Waals surface area contributed by atoms with E-state index in [0.29, 0.717) is 5.75 Å². The number of carboxylic acids is 1. The number of carboxylic acid groups (broad SMARTS) is 1. The van der Waals surface area contributed by atoms with E-state index in [2.05, 4.69) is 29.6 Å². The van der Waals surface area contributed by atoms with Crippen LogP contribution in [0.25, 0.3) is 11.1 Å². The minimum Gasteiger partial charge on any atom is -0.481 e. The molecule has 1 unspecified atom stereocenters. The fourth-order valence-electron chi connectivity index (χ4n) is 3.66. The Kier molecular flexibility index (Phi) is 5.75. The zero-order chi connectivity index (χ0) is 19.4. The minimum atomic E-state index is -0.953. The summed E-state index contributed by atoms with van der Waals surface area (Å²) in [5.74, 6) is -0.483. The largest absolute Gasteiger partial charge is 0.481 e. The van der Waals surface area contributed by atoms with Crippen LogP contribution >= 0.6 is 11.8 Å². The molecule has 0 heterocycles. The van der Waals surface area contributed by atoms with E-state index in [9.17, 15) is 9.59 Å². The minimum absolute atomic E-state index is 0.0190. The number of thioether (sulfide) groups is 1. The van der Waals surface area contributed by atoms with Crippen LogP contribution in [0, 0.1) is 0 Å². The van der Waals surface area contributed by atoms with E-state index in [1.54, 1.807) is 6.92 Å². The lowest BCUT2D eigenvalue weighted by atomic mass is 9.98. The highest BCUT2D eigenvalue weighted by atomic mass is 32.2. The van der Waals surface area contributed by atoms with Crippen LogP contribution in [0.5, 0.6) is 0 Å². The predicted octanol–water partition coefficient (Wildman–Crippen LogP) is 4.12. The van der Waals surface area contributed by atoms with E-state index < -0.39 is 17.6 Å². The van der Waals surface area contributed by atoms with Gasteiger partial charge in [0, 0.05) is 11.7 Å². The molecule has 2 aromatic carbocycles. The third-order valence-corrected chi connectivity index (χ3v) is 5.68. The molecule has 0 aromatic heterocycles. The lowest BCUT2D eigenvalue weighted by Gasteiger charge is -2.28. The summed E-state index contributed by atoms with van der Waals surface area (Å²) in [6, 6.07) is 16.3. The van der Waals surface area contributed by atoms with Crippen LogP contribution in [0.4, 0.5) is 4.79 Å². The molecule has 142 valence electrons. The summed E-state index contributed by atoms with van der Waals surface area (Å²) in [6.45, 7) is 1.93. The zero-order valence-electron chi connectivity index (χ0n) is 15.4. The smallest absolute Gasteiger partial charge is 0.407 e. The number of benzene rings is 2. The zero-order valence-corrected chi connectivity index (χ0v) is 16.2. The van der Waals surface area contributed by atoms with Crippen LogP contribution in [0.2, 0.25) is 0 Å². The first kappa shape index (κ1) is 19.3. The van der Waals surface area contributed by atoms with Crippen LogP contribution in [-0.4, -0.2) is 41.3 Å². The molecule has 2 aromatic rings. The Morgan fingerprint density at radius 2 is 1.67 bits per heavy atom. The number of aliphatic carboxylic acids is 1. The van der Waals surface area contributed by atoms with E-state index in [0.717, 1.165) is 11.1 Å². The number of nitrogens with one attached hydrogen (secondary N) is 1. The summed E-state index contributed by atoms with van der Waals surface area (Å²) in [5, 5.41) is 11.8. The maximum Gasteiger partial charge on any atom is 0.407 e. The molecular formula is C21H23NO4S. The van der Waals surface area contributed by atoms with Gasteiger partial charge in [-0.3, -0.25) is 4.79 Å². The number of carbonyl (C=O) groups is 2. The van der Waals surface area contributed by atoms with Gasteiger partial charge >= 0.3 is 12.1 Å². The molecule has 1 atom stereocenters. The molecule has 0 spiro atoms.